The highest BCUT2D eigenvalue weighted by molar-refractivity contribution is 7.21. The molecule has 0 aliphatic carbocycles. The average molecular weight is 262 g/mol. The van der Waals surface area contributed by atoms with E-state index >= 15 is 0 Å². The molecule has 5 nitrogen and oxygen atoms in total. The summed E-state index contributed by atoms with van der Waals surface area (Å²) in [6.07, 6.45) is 5.93. The summed E-state index contributed by atoms with van der Waals surface area (Å²) in [6, 6.07) is 0. The molecule has 94 valence electrons. The van der Waals surface area contributed by atoms with Crippen LogP contribution in [0.25, 0.3) is 10.1 Å². The summed E-state index contributed by atoms with van der Waals surface area (Å²) in [6.45, 7) is 2.03. The molecule has 0 unspecified atom stereocenters. The molecular weight excluding hydrogens is 248 g/mol. The van der Waals surface area contributed by atoms with E-state index in [9.17, 15) is 4.79 Å². The molecule has 1 fully saturated rings. The van der Waals surface area contributed by atoms with Crippen LogP contribution in [0.5, 0.6) is 0 Å². The molecule has 1 amide bonds. The number of rotatable bonds is 2. The summed E-state index contributed by atoms with van der Waals surface area (Å²) in [7, 11) is 0. The van der Waals surface area contributed by atoms with Gasteiger partial charge in [0, 0.05) is 24.7 Å². The minimum atomic E-state index is -0.471. The molecular formula is C12H14N4OS. The van der Waals surface area contributed by atoms with Gasteiger partial charge in [0.1, 0.15) is 4.88 Å². The van der Waals surface area contributed by atoms with Gasteiger partial charge >= 0.3 is 0 Å². The third-order valence-electron chi connectivity index (χ3n) is 3.29. The van der Waals surface area contributed by atoms with Crippen LogP contribution in [0.2, 0.25) is 0 Å². The Morgan fingerprint density at radius 1 is 1.33 bits per heavy atom. The molecule has 6 heteroatoms. The number of aromatic nitrogens is 1. The van der Waals surface area contributed by atoms with E-state index in [4.69, 9.17) is 11.5 Å². The maximum Gasteiger partial charge on any atom is 0.260 e. The van der Waals surface area contributed by atoms with Crippen LogP contribution in [-0.2, 0) is 0 Å². The number of hydrogen-bond acceptors (Lipinski definition) is 5. The Balaban J connectivity index is 2.23. The van der Waals surface area contributed by atoms with Gasteiger partial charge in [-0.15, -0.1) is 11.3 Å². The molecule has 0 radical (unpaired) electrons. The van der Waals surface area contributed by atoms with Crippen LogP contribution in [0.1, 0.15) is 22.5 Å². The molecule has 0 atom stereocenters. The maximum absolute atomic E-state index is 11.3. The summed E-state index contributed by atoms with van der Waals surface area (Å²) >= 11 is 1.32. The van der Waals surface area contributed by atoms with Gasteiger partial charge in [0.25, 0.3) is 5.91 Å². The largest absolute Gasteiger partial charge is 0.397 e. The van der Waals surface area contributed by atoms with E-state index in [2.05, 4.69) is 9.88 Å². The van der Waals surface area contributed by atoms with Crippen molar-refractivity contribution in [1.29, 1.82) is 0 Å². The van der Waals surface area contributed by atoms with Crippen molar-refractivity contribution in [2.45, 2.75) is 12.8 Å². The fourth-order valence-corrected chi connectivity index (χ4v) is 3.40. The smallest absolute Gasteiger partial charge is 0.260 e. The van der Waals surface area contributed by atoms with Gasteiger partial charge in [0.05, 0.1) is 22.3 Å². The van der Waals surface area contributed by atoms with E-state index in [1.54, 1.807) is 6.20 Å². The molecule has 2 aromatic heterocycles. The fraction of sp³-hybridized carbons (Fsp3) is 0.333. The Hall–Kier alpha value is -1.82. The zero-order valence-electron chi connectivity index (χ0n) is 9.85. The van der Waals surface area contributed by atoms with Crippen LogP contribution in [0.4, 0.5) is 11.4 Å². The molecule has 1 saturated heterocycles. The highest BCUT2D eigenvalue weighted by Gasteiger charge is 2.21. The lowest BCUT2D eigenvalue weighted by molar-refractivity contribution is 0.100. The number of carbonyl (C=O) groups excluding carboxylic acids is 1. The summed E-state index contributed by atoms with van der Waals surface area (Å²) in [4.78, 5) is 18.3. The molecule has 1 aliphatic heterocycles. The number of pyridine rings is 1. The van der Waals surface area contributed by atoms with Gasteiger partial charge < -0.3 is 16.4 Å². The Labute approximate surface area is 108 Å². The van der Waals surface area contributed by atoms with E-state index < -0.39 is 5.91 Å². The molecule has 2 aromatic rings. The topological polar surface area (TPSA) is 85.2 Å². The first-order chi connectivity index (χ1) is 8.68. The number of thiophene rings is 1. The SMILES string of the molecule is NC(=O)c1sc2cncc(N3CCCC3)c2c1N. The van der Waals surface area contributed by atoms with E-state index in [1.807, 2.05) is 6.20 Å². The van der Waals surface area contributed by atoms with Gasteiger partial charge in [-0.05, 0) is 12.8 Å². The Bertz CT molecular complexity index is 616. The standard InChI is InChI=1S/C12H14N4OS/c13-10-9-7(16-3-1-2-4-16)5-15-6-8(9)18-11(10)12(14)17/h5-6H,1-4,13H2,(H2,14,17). The minimum Gasteiger partial charge on any atom is -0.397 e. The van der Waals surface area contributed by atoms with Crippen LogP contribution in [0.3, 0.4) is 0 Å². The molecule has 0 spiro atoms. The molecule has 0 bridgehead atoms. The first-order valence-corrected chi connectivity index (χ1v) is 6.71. The van der Waals surface area contributed by atoms with Crippen LogP contribution in [0.15, 0.2) is 12.4 Å². The van der Waals surface area contributed by atoms with Crippen molar-refractivity contribution in [3.8, 4) is 0 Å². The number of nitrogens with two attached hydrogens (primary N) is 2. The van der Waals surface area contributed by atoms with Gasteiger partial charge in [-0.1, -0.05) is 0 Å². The Morgan fingerprint density at radius 2 is 2.06 bits per heavy atom. The van der Waals surface area contributed by atoms with Crippen molar-refractivity contribution >= 4 is 38.7 Å². The number of hydrogen-bond donors (Lipinski definition) is 2. The van der Waals surface area contributed by atoms with Gasteiger partial charge in [0.2, 0.25) is 0 Å². The van der Waals surface area contributed by atoms with Crippen molar-refractivity contribution in [2.24, 2.45) is 5.73 Å². The molecule has 0 aromatic carbocycles. The van der Waals surface area contributed by atoms with Crippen LogP contribution < -0.4 is 16.4 Å². The van der Waals surface area contributed by atoms with Gasteiger partial charge in [-0.2, -0.15) is 0 Å². The summed E-state index contributed by atoms with van der Waals surface area (Å²) < 4.78 is 0.922. The molecule has 1 aliphatic rings. The van der Waals surface area contributed by atoms with Crippen LogP contribution in [-0.4, -0.2) is 24.0 Å². The van der Waals surface area contributed by atoms with E-state index in [-0.39, 0.29) is 0 Å². The second-order valence-corrected chi connectivity index (χ2v) is 5.49. The van der Waals surface area contributed by atoms with Crippen molar-refractivity contribution < 1.29 is 4.79 Å². The van der Waals surface area contributed by atoms with E-state index in [1.165, 1.54) is 24.2 Å². The number of nitrogens with zero attached hydrogens (tertiary/aromatic N) is 2. The highest BCUT2D eigenvalue weighted by Crippen LogP contribution is 2.39. The number of primary amides is 1. The third kappa shape index (κ3) is 1.60. The third-order valence-corrected chi connectivity index (χ3v) is 4.44. The second-order valence-electron chi connectivity index (χ2n) is 4.44. The van der Waals surface area contributed by atoms with Gasteiger partial charge in [-0.3, -0.25) is 9.78 Å². The first kappa shape index (κ1) is 11.3. The van der Waals surface area contributed by atoms with Crippen LogP contribution >= 0.6 is 11.3 Å². The lowest BCUT2D eigenvalue weighted by atomic mass is 10.2. The van der Waals surface area contributed by atoms with E-state index in [0.29, 0.717) is 10.6 Å². The Kier molecular flexibility index (Phi) is 2.59. The summed E-state index contributed by atoms with van der Waals surface area (Å²) in [5.41, 5.74) is 12.9. The summed E-state index contributed by atoms with van der Waals surface area (Å²) in [5.74, 6) is -0.471. The van der Waals surface area contributed by atoms with E-state index in [0.717, 1.165) is 28.9 Å². The number of amides is 1. The zero-order valence-corrected chi connectivity index (χ0v) is 10.7. The van der Waals surface area contributed by atoms with Crippen molar-refractivity contribution in [1.82, 2.24) is 4.98 Å². The molecule has 0 saturated carbocycles. The molecule has 4 N–H and O–H groups in total. The first-order valence-electron chi connectivity index (χ1n) is 5.89. The average Bonchev–Trinajstić information content (AvgIpc) is 2.97. The predicted octanol–water partition coefficient (Wildman–Crippen LogP) is 1.58. The second kappa shape index (κ2) is 4.13. The predicted molar refractivity (Wildman–Crippen MR) is 74.0 cm³/mol. The molecule has 18 heavy (non-hydrogen) atoms. The summed E-state index contributed by atoms with van der Waals surface area (Å²) in [5, 5.41) is 0.922. The monoisotopic (exact) mass is 262 g/mol. The number of fused-ring (bicyclic) bond motifs is 1. The maximum atomic E-state index is 11.3. The minimum absolute atomic E-state index is 0.429. The quantitative estimate of drug-likeness (QED) is 0.860. The zero-order chi connectivity index (χ0) is 12.7. The van der Waals surface area contributed by atoms with Crippen LogP contribution in [0, 0.1) is 0 Å². The van der Waals surface area contributed by atoms with Crippen molar-refractivity contribution in [3.05, 3.63) is 17.3 Å². The number of carbonyl (C=O) groups is 1. The number of anilines is 2. The van der Waals surface area contributed by atoms with Gasteiger partial charge in [-0.25, -0.2) is 0 Å². The molecule has 3 heterocycles. The lowest BCUT2D eigenvalue weighted by Gasteiger charge is -2.18. The van der Waals surface area contributed by atoms with Crippen molar-refractivity contribution in [2.75, 3.05) is 23.7 Å². The molecule has 3 rings (SSSR count). The normalized spacial score (nSPS) is 15.4. The van der Waals surface area contributed by atoms with Crippen molar-refractivity contribution in [3.63, 3.8) is 0 Å². The highest BCUT2D eigenvalue weighted by atomic mass is 32.1. The number of nitrogen functional groups attached to an aromatic ring is 1. The van der Waals surface area contributed by atoms with Gasteiger partial charge in [0.15, 0.2) is 0 Å². The fourth-order valence-electron chi connectivity index (χ4n) is 2.44. The lowest BCUT2D eigenvalue weighted by Crippen LogP contribution is -2.18. The Morgan fingerprint density at radius 3 is 2.72 bits per heavy atom.